The van der Waals surface area contributed by atoms with Gasteiger partial charge in [-0.15, -0.1) is 0 Å². The summed E-state index contributed by atoms with van der Waals surface area (Å²) in [5.41, 5.74) is 6.73. The first kappa shape index (κ1) is 9.21. The Morgan fingerprint density at radius 1 is 1.62 bits per heavy atom. The summed E-state index contributed by atoms with van der Waals surface area (Å²) in [5, 5.41) is 4.37. The molecule has 13 heavy (non-hydrogen) atoms. The largest absolute Gasteiger partial charge is 0.330 e. The van der Waals surface area contributed by atoms with Gasteiger partial charge < -0.3 is 5.73 Å². The van der Waals surface area contributed by atoms with Gasteiger partial charge in [-0.25, -0.2) is 0 Å². The minimum Gasteiger partial charge on any atom is -0.330 e. The summed E-state index contributed by atoms with van der Waals surface area (Å²) in [6.45, 7) is 0.689. The van der Waals surface area contributed by atoms with Crippen LogP contribution in [0, 0.1) is 0 Å². The topological polar surface area (TPSA) is 43.8 Å². The Kier molecular flexibility index (Phi) is 2.69. The van der Waals surface area contributed by atoms with E-state index in [1.54, 1.807) is 0 Å². The van der Waals surface area contributed by atoms with Gasteiger partial charge >= 0.3 is 0 Å². The first-order chi connectivity index (χ1) is 6.33. The van der Waals surface area contributed by atoms with Gasteiger partial charge in [-0.05, 0) is 48.2 Å². The highest BCUT2D eigenvalue weighted by molar-refractivity contribution is 9.10. The molecule has 72 valence electrons. The predicted molar refractivity (Wildman–Crippen MR) is 55.6 cm³/mol. The summed E-state index contributed by atoms with van der Waals surface area (Å²) in [4.78, 5) is 0. The third-order valence-corrected chi connectivity index (χ3v) is 3.51. The second kappa shape index (κ2) is 3.80. The van der Waals surface area contributed by atoms with Crippen LogP contribution in [0.4, 0.5) is 0 Å². The lowest BCUT2D eigenvalue weighted by molar-refractivity contribution is 0.285. The van der Waals surface area contributed by atoms with Crippen LogP contribution in [0.25, 0.3) is 0 Å². The van der Waals surface area contributed by atoms with Crippen molar-refractivity contribution in [2.45, 2.75) is 31.7 Å². The van der Waals surface area contributed by atoms with E-state index in [0.29, 0.717) is 12.6 Å². The first-order valence-electron chi connectivity index (χ1n) is 4.75. The Balaban J connectivity index is 2.17. The molecule has 0 spiro atoms. The average Bonchev–Trinajstić information content (AvgIpc) is 2.34. The molecule has 0 bridgehead atoms. The summed E-state index contributed by atoms with van der Waals surface area (Å²) in [5.74, 6) is 0. The maximum atomic E-state index is 5.50. The highest BCUT2D eigenvalue weighted by Crippen LogP contribution is 2.34. The number of halogens is 1. The van der Waals surface area contributed by atoms with Crippen molar-refractivity contribution in [2.24, 2.45) is 5.73 Å². The Morgan fingerprint density at radius 2 is 2.38 bits per heavy atom. The lowest BCUT2D eigenvalue weighted by Gasteiger charge is -2.26. The van der Waals surface area contributed by atoms with Gasteiger partial charge in [0.1, 0.15) is 4.60 Å². The molecule has 1 aliphatic rings. The lowest BCUT2D eigenvalue weighted by Crippen LogP contribution is -2.18. The maximum Gasteiger partial charge on any atom is 0.107 e. The molecule has 1 fully saturated rings. The highest BCUT2D eigenvalue weighted by atomic mass is 79.9. The van der Waals surface area contributed by atoms with Crippen molar-refractivity contribution in [3.05, 3.63) is 16.4 Å². The van der Waals surface area contributed by atoms with Crippen LogP contribution in [0.5, 0.6) is 0 Å². The van der Waals surface area contributed by atoms with E-state index < -0.39 is 0 Å². The van der Waals surface area contributed by atoms with Gasteiger partial charge in [0.05, 0.1) is 12.2 Å². The van der Waals surface area contributed by atoms with E-state index in [1.165, 1.54) is 24.8 Å². The fraction of sp³-hybridized carbons (Fsp3) is 0.667. The second-order valence-corrected chi connectivity index (χ2v) is 4.28. The van der Waals surface area contributed by atoms with E-state index in [9.17, 15) is 0 Å². The molecule has 1 saturated carbocycles. The number of nitrogens with zero attached hydrogens (tertiary/aromatic N) is 2. The standard InChI is InChI=1S/C9H14BrN3/c10-9-7(4-5-11)6-12-13(9)8-2-1-3-8/h6,8H,1-5,11H2. The number of nitrogens with two attached hydrogens (primary N) is 1. The van der Waals surface area contributed by atoms with Gasteiger partial charge in [-0.2, -0.15) is 5.10 Å². The molecule has 4 heteroatoms. The molecule has 0 radical (unpaired) electrons. The van der Waals surface area contributed by atoms with Crippen molar-refractivity contribution in [2.75, 3.05) is 6.54 Å². The molecular weight excluding hydrogens is 230 g/mol. The van der Waals surface area contributed by atoms with Crippen LogP contribution in [-0.2, 0) is 6.42 Å². The van der Waals surface area contributed by atoms with Gasteiger partial charge in [0, 0.05) is 5.56 Å². The molecule has 0 aromatic carbocycles. The predicted octanol–water partition coefficient (Wildman–Crippen LogP) is 1.87. The first-order valence-corrected chi connectivity index (χ1v) is 5.54. The second-order valence-electron chi connectivity index (χ2n) is 3.53. The molecule has 0 unspecified atom stereocenters. The average molecular weight is 244 g/mol. The van der Waals surface area contributed by atoms with Crippen molar-refractivity contribution in [1.82, 2.24) is 9.78 Å². The molecular formula is C9H14BrN3. The van der Waals surface area contributed by atoms with E-state index in [1.807, 2.05) is 6.20 Å². The lowest BCUT2D eigenvalue weighted by atomic mass is 9.93. The molecule has 3 nitrogen and oxygen atoms in total. The molecule has 1 aromatic rings. The smallest absolute Gasteiger partial charge is 0.107 e. The number of rotatable bonds is 3. The fourth-order valence-corrected chi connectivity index (χ4v) is 2.27. The van der Waals surface area contributed by atoms with E-state index in [-0.39, 0.29) is 0 Å². The van der Waals surface area contributed by atoms with Crippen molar-refractivity contribution >= 4 is 15.9 Å². The Morgan fingerprint density at radius 3 is 2.92 bits per heavy atom. The van der Waals surface area contributed by atoms with E-state index in [2.05, 4.69) is 25.7 Å². The minimum atomic E-state index is 0.626. The van der Waals surface area contributed by atoms with Gasteiger partial charge in [-0.1, -0.05) is 0 Å². The Hall–Kier alpha value is -0.350. The summed E-state index contributed by atoms with van der Waals surface area (Å²) in [7, 11) is 0. The van der Waals surface area contributed by atoms with E-state index in [4.69, 9.17) is 5.73 Å². The van der Waals surface area contributed by atoms with Crippen LogP contribution in [0.2, 0.25) is 0 Å². The SMILES string of the molecule is NCCc1cnn(C2CCC2)c1Br. The molecule has 0 amide bonds. The normalized spacial score (nSPS) is 17.4. The van der Waals surface area contributed by atoms with E-state index >= 15 is 0 Å². The fourth-order valence-electron chi connectivity index (χ4n) is 1.59. The van der Waals surface area contributed by atoms with Gasteiger partial charge in [0.15, 0.2) is 0 Å². The summed E-state index contributed by atoms with van der Waals surface area (Å²) < 4.78 is 3.22. The van der Waals surface area contributed by atoms with E-state index in [0.717, 1.165) is 11.0 Å². The molecule has 0 atom stereocenters. The van der Waals surface area contributed by atoms with Crippen LogP contribution < -0.4 is 5.73 Å². The zero-order valence-corrected chi connectivity index (χ0v) is 9.13. The number of hydrogen-bond acceptors (Lipinski definition) is 2. The van der Waals surface area contributed by atoms with Crippen LogP contribution in [-0.4, -0.2) is 16.3 Å². The Bertz CT molecular complexity index is 291. The molecule has 0 aliphatic heterocycles. The minimum absolute atomic E-state index is 0.626. The summed E-state index contributed by atoms with van der Waals surface area (Å²) in [6.07, 6.45) is 6.70. The molecule has 1 heterocycles. The zero-order valence-electron chi connectivity index (χ0n) is 7.54. The van der Waals surface area contributed by atoms with Crippen molar-refractivity contribution in [1.29, 1.82) is 0 Å². The molecule has 0 saturated heterocycles. The summed E-state index contributed by atoms with van der Waals surface area (Å²) in [6, 6.07) is 0.626. The monoisotopic (exact) mass is 243 g/mol. The third kappa shape index (κ3) is 1.65. The maximum absolute atomic E-state index is 5.50. The number of aromatic nitrogens is 2. The van der Waals surface area contributed by atoms with Crippen molar-refractivity contribution in [3.63, 3.8) is 0 Å². The van der Waals surface area contributed by atoms with Crippen LogP contribution in [0.1, 0.15) is 30.9 Å². The number of hydrogen-bond donors (Lipinski definition) is 1. The van der Waals surface area contributed by atoms with Crippen LogP contribution >= 0.6 is 15.9 Å². The van der Waals surface area contributed by atoms with Gasteiger partial charge in [0.25, 0.3) is 0 Å². The summed E-state index contributed by atoms with van der Waals surface area (Å²) >= 11 is 3.57. The van der Waals surface area contributed by atoms with Gasteiger partial charge in [-0.3, -0.25) is 4.68 Å². The quantitative estimate of drug-likeness (QED) is 0.882. The molecule has 2 N–H and O–H groups in total. The molecule has 1 aliphatic carbocycles. The molecule has 1 aromatic heterocycles. The van der Waals surface area contributed by atoms with Crippen LogP contribution in [0.3, 0.4) is 0 Å². The van der Waals surface area contributed by atoms with Crippen molar-refractivity contribution in [3.8, 4) is 0 Å². The zero-order chi connectivity index (χ0) is 9.26. The highest BCUT2D eigenvalue weighted by Gasteiger charge is 2.22. The Labute approximate surface area is 86.4 Å². The molecule has 2 rings (SSSR count). The third-order valence-electron chi connectivity index (χ3n) is 2.64. The van der Waals surface area contributed by atoms with Crippen molar-refractivity contribution < 1.29 is 0 Å². The van der Waals surface area contributed by atoms with Gasteiger partial charge in [0.2, 0.25) is 0 Å². The van der Waals surface area contributed by atoms with Crippen LogP contribution in [0.15, 0.2) is 10.8 Å².